The Balaban J connectivity index is 2.45. The Morgan fingerprint density at radius 2 is 1.95 bits per heavy atom. The molecule has 3 N–H and O–H groups in total. The molecule has 0 fully saturated rings. The molecule has 0 radical (unpaired) electrons. The van der Waals surface area contributed by atoms with Crippen LogP contribution < -0.4 is 15.8 Å². The summed E-state index contributed by atoms with van der Waals surface area (Å²) in [5.41, 5.74) is 6.30. The molecule has 0 aliphatic heterocycles. The van der Waals surface area contributed by atoms with E-state index in [0.29, 0.717) is 6.42 Å². The summed E-state index contributed by atoms with van der Waals surface area (Å²) in [6.07, 6.45) is -3.82. The Kier molecular flexibility index (Phi) is 5.82. The third-order valence-corrected chi connectivity index (χ3v) is 2.57. The highest BCUT2D eigenvalue weighted by Crippen LogP contribution is 2.18. The molecule has 0 unspecified atom stereocenters. The molecule has 1 aromatic rings. The monoisotopic (exact) mass is 290 g/mol. The normalized spacial score (nSPS) is 12.8. The van der Waals surface area contributed by atoms with Crippen LogP contribution in [0.2, 0.25) is 0 Å². The molecule has 0 bridgehead atoms. The van der Waals surface area contributed by atoms with Gasteiger partial charge in [-0.1, -0.05) is 19.1 Å². The largest absolute Gasteiger partial charge is 0.484 e. The maximum Gasteiger partial charge on any atom is 0.422 e. The number of carbonyl (C=O) groups excluding carboxylic acids is 1. The minimum atomic E-state index is -4.36. The molecule has 0 aromatic heterocycles. The van der Waals surface area contributed by atoms with Gasteiger partial charge in [0.05, 0.1) is 6.04 Å². The predicted octanol–water partition coefficient (Wildman–Crippen LogP) is 1.98. The second kappa shape index (κ2) is 7.14. The quantitative estimate of drug-likeness (QED) is 0.842. The lowest BCUT2D eigenvalue weighted by Gasteiger charge is -2.11. The minimum Gasteiger partial charge on any atom is -0.484 e. The van der Waals surface area contributed by atoms with Gasteiger partial charge < -0.3 is 15.8 Å². The van der Waals surface area contributed by atoms with Crippen LogP contribution in [-0.4, -0.2) is 24.7 Å². The van der Waals surface area contributed by atoms with Crippen LogP contribution in [0.15, 0.2) is 24.3 Å². The molecule has 7 heteroatoms. The standard InChI is InChI=1S/C13H17F3N2O2/c1-2-11(17)12(19)18-7-9-3-5-10(6-4-9)20-8-13(14,15)16/h3-6,11H,2,7-8,17H2,1H3,(H,18,19)/t11-/m1/s1. The van der Waals surface area contributed by atoms with E-state index in [1.165, 1.54) is 12.1 Å². The molecule has 1 amide bonds. The molecular formula is C13H17F3N2O2. The number of benzene rings is 1. The Labute approximate surface area is 115 Å². The van der Waals surface area contributed by atoms with Crippen LogP contribution in [0.5, 0.6) is 5.75 Å². The zero-order chi connectivity index (χ0) is 15.2. The third-order valence-electron chi connectivity index (χ3n) is 2.57. The lowest BCUT2D eigenvalue weighted by atomic mass is 10.2. The summed E-state index contributed by atoms with van der Waals surface area (Å²) in [7, 11) is 0. The maximum absolute atomic E-state index is 12.0. The van der Waals surface area contributed by atoms with E-state index in [9.17, 15) is 18.0 Å². The SMILES string of the molecule is CC[C@@H](N)C(=O)NCc1ccc(OCC(F)(F)F)cc1. The van der Waals surface area contributed by atoms with Gasteiger partial charge in [0.2, 0.25) is 5.91 Å². The number of halogens is 3. The van der Waals surface area contributed by atoms with Crippen molar-refractivity contribution in [3.63, 3.8) is 0 Å². The van der Waals surface area contributed by atoms with Gasteiger partial charge in [0, 0.05) is 6.54 Å². The molecule has 0 aliphatic rings. The van der Waals surface area contributed by atoms with Crippen LogP contribution in [0.3, 0.4) is 0 Å². The van der Waals surface area contributed by atoms with Crippen molar-refractivity contribution in [3.05, 3.63) is 29.8 Å². The van der Waals surface area contributed by atoms with Crippen LogP contribution >= 0.6 is 0 Å². The Bertz CT molecular complexity index is 432. The Morgan fingerprint density at radius 3 is 2.45 bits per heavy atom. The summed E-state index contributed by atoms with van der Waals surface area (Å²) >= 11 is 0. The first-order valence-electron chi connectivity index (χ1n) is 6.13. The van der Waals surface area contributed by atoms with E-state index in [4.69, 9.17) is 5.73 Å². The number of nitrogens with two attached hydrogens (primary N) is 1. The summed E-state index contributed by atoms with van der Waals surface area (Å²) in [6.45, 7) is 0.748. The van der Waals surface area contributed by atoms with Gasteiger partial charge in [-0.25, -0.2) is 0 Å². The molecule has 0 aliphatic carbocycles. The second-order valence-electron chi connectivity index (χ2n) is 4.28. The lowest BCUT2D eigenvalue weighted by Crippen LogP contribution is -2.39. The fraction of sp³-hybridized carbons (Fsp3) is 0.462. The molecule has 0 saturated heterocycles. The van der Waals surface area contributed by atoms with E-state index in [1.807, 2.05) is 0 Å². The summed E-state index contributed by atoms with van der Waals surface area (Å²) in [5.74, 6) is -0.132. The summed E-state index contributed by atoms with van der Waals surface area (Å²) in [4.78, 5) is 11.4. The van der Waals surface area contributed by atoms with Crippen LogP contribution in [0, 0.1) is 0 Å². The Morgan fingerprint density at radius 1 is 1.35 bits per heavy atom. The fourth-order valence-electron chi connectivity index (χ4n) is 1.37. The van der Waals surface area contributed by atoms with Gasteiger partial charge in [0.25, 0.3) is 0 Å². The van der Waals surface area contributed by atoms with Crippen molar-refractivity contribution in [2.75, 3.05) is 6.61 Å². The summed E-state index contributed by atoms with van der Waals surface area (Å²) in [5, 5.41) is 2.64. The summed E-state index contributed by atoms with van der Waals surface area (Å²) < 4.78 is 40.4. The molecule has 112 valence electrons. The molecule has 1 atom stereocenters. The second-order valence-corrected chi connectivity index (χ2v) is 4.28. The fourth-order valence-corrected chi connectivity index (χ4v) is 1.37. The third kappa shape index (κ3) is 5.92. The number of amides is 1. The van der Waals surface area contributed by atoms with Crippen molar-refractivity contribution in [2.24, 2.45) is 5.73 Å². The van der Waals surface area contributed by atoms with Crippen LogP contribution in [0.1, 0.15) is 18.9 Å². The van der Waals surface area contributed by atoms with Gasteiger partial charge in [0.1, 0.15) is 5.75 Å². The minimum absolute atomic E-state index is 0.127. The van der Waals surface area contributed by atoms with E-state index in [2.05, 4.69) is 10.1 Å². The van der Waals surface area contributed by atoms with Gasteiger partial charge in [-0.05, 0) is 24.1 Å². The van der Waals surface area contributed by atoms with Crippen molar-refractivity contribution in [2.45, 2.75) is 32.1 Å². The molecule has 0 heterocycles. The van der Waals surface area contributed by atoms with Crippen LogP contribution in [-0.2, 0) is 11.3 Å². The van der Waals surface area contributed by atoms with Crippen molar-refractivity contribution in [3.8, 4) is 5.75 Å². The molecule has 0 spiro atoms. The smallest absolute Gasteiger partial charge is 0.422 e. The van der Waals surface area contributed by atoms with Gasteiger partial charge >= 0.3 is 6.18 Å². The first kappa shape index (κ1) is 16.3. The number of alkyl halides is 3. The highest BCUT2D eigenvalue weighted by Gasteiger charge is 2.28. The summed E-state index contributed by atoms with van der Waals surface area (Å²) in [6, 6.07) is 5.47. The number of hydrogen-bond donors (Lipinski definition) is 2. The molecular weight excluding hydrogens is 273 g/mol. The molecule has 4 nitrogen and oxygen atoms in total. The number of carbonyl (C=O) groups is 1. The molecule has 1 rings (SSSR count). The topological polar surface area (TPSA) is 64.4 Å². The van der Waals surface area contributed by atoms with Crippen molar-refractivity contribution in [1.29, 1.82) is 0 Å². The number of nitrogens with one attached hydrogen (secondary N) is 1. The Hall–Kier alpha value is -1.76. The average molecular weight is 290 g/mol. The van der Waals surface area contributed by atoms with E-state index < -0.39 is 18.8 Å². The highest BCUT2D eigenvalue weighted by atomic mass is 19.4. The van der Waals surface area contributed by atoms with Crippen molar-refractivity contribution >= 4 is 5.91 Å². The molecule has 0 saturated carbocycles. The first-order chi connectivity index (χ1) is 9.31. The number of rotatable bonds is 6. The van der Waals surface area contributed by atoms with Crippen molar-refractivity contribution < 1.29 is 22.7 Å². The first-order valence-corrected chi connectivity index (χ1v) is 6.13. The number of ether oxygens (including phenoxy) is 1. The predicted molar refractivity (Wildman–Crippen MR) is 68.1 cm³/mol. The van der Waals surface area contributed by atoms with Gasteiger partial charge in [0.15, 0.2) is 6.61 Å². The highest BCUT2D eigenvalue weighted by molar-refractivity contribution is 5.81. The van der Waals surface area contributed by atoms with E-state index in [-0.39, 0.29) is 18.2 Å². The zero-order valence-electron chi connectivity index (χ0n) is 11.0. The van der Waals surface area contributed by atoms with E-state index in [1.54, 1.807) is 19.1 Å². The van der Waals surface area contributed by atoms with Crippen molar-refractivity contribution in [1.82, 2.24) is 5.32 Å². The average Bonchev–Trinajstić information content (AvgIpc) is 2.41. The van der Waals surface area contributed by atoms with Crippen LogP contribution in [0.4, 0.5) is 13.2 Å². The number of hydrogen-bond acceptors (Lipinski definition) is 3. The van der Waals surface area contributed by atoms with Crippen LogP contribution in [0.25, 0.3) is 0 Å². The van der Waals surface area contributed by atoms with Gasteiger partial charge in [-0.2, -0.15) is 13.2 Å². The van der Waals surface area contributed by atoms with Gasteiger partial charge in [-0.15, -0.1) is 0 Å². The van der Waals surface area contributed by atoms with E-state index in [0.717, 1.165) is 5.56 Å². The zero-order valence-corrected chi connectivity index (χ0v) is 11.0. The maximum atomic E-state index is 12.0. The van der Waals surface area contributed by atoms with E-state index >= 15 is 0 Å². The molecule has 20 heavy (non-hydrogen) atoms. The van der Waals surface area contributed by atoms with Gasteiger partial charge in [-0.3, -0.25) is 4.79 Å². The lowest BCUT2D eigenvalue weighted by molar-refractivity contribution is -0.153. The molecule has 1 aromatic carbocycles.